The highest BCUT2D eigenvalue weighted by atomic mass is 35.5. The Hall–Kier alpha value is -2.05. The third kappa shape index (κ3) is 3.96. The van der Waals surface area contributed by atoms with Gasteiger partial charge < -0.3 is 15.4 Å². The van der Waals surface area contributed by atoms with Crippen LogP contribution in [0.5, 0.6) is 0 Å². The first-order chi connectivity index (χ1) is 12.1. The zero-order valence-corrected chi connectivity index (χ0v) is 14.9. The molecule has 7 heteroatoms. The number of carbonyl (C=O) groups excluding carboxylic acids is 2. The molecule has 0 bridgehead atoms. The van der Waals surface area contributed by atoms with Crippen LogP contribution < -0.4 is 10.6 Å². The van der Waals surface area contributed by atoms with E-state index in [1.807, 2.05) is 18.2 Å². The van der Waals surface area contributed by atoms with Gasteiger partial charge in [-0.1, -0.05) is 29.8 Å². The van der Waals surface area contributed by atoms with Crippen LogP contribution in [-0.2, 0) is 9.53 Å². The van der Waals surface area contributed by atoms with Crippen molar-refractivity contribution < 1.29 is 14.3 Å². The molecule has 2 aliphatic rings. The summed E-state index contributed by atoms with van der Waals surface area (Å²) in [6.45, 7) is 4.46. The van der Waals surface area contributed by atoms with Gasteiger partial charge in [-0.05, 0) is 44.5 Å². The number of hydrogen-bond acceptors (Lipinski definition) is 4. The van der Waals surface area contributed by atoms with Crippen LogP contribution in [0.1, 0.15) is 31.4 Å². The van der Waals surface area contributed by atoms with Crippen LogP contribution in [0.3, 0.4) is 0 Å². The number of urea groups is 1. The van der Waals surface area contributed by atoms with E-state index in [-0.39, 0.29) is 12.6 Å². The van der Waals surface area contributed by atoms with E-state index in [0.29, 0.717) is 28.4 Å². The van der Waals surface area contributed by atoms with Crippen LogP contribution in [0, 0.1) is 0 Å². The van der Waals surface area contributed by atoms with Gasteiger partial charge in [0.1, 0.15) is 0 Å². The van der Waals surface area contributed by atoms with Crippen molar-refractivity contribution in [2.75, 3.05) is 26.2 Å². The van der Waals surface area contributed by atoms with Gasteiger partial charge in [-0.15, -0.1) is 0 Å². The quantitative estimate of drug-likeness (QED) is 0.789. The van der Waals surface area contributed by atoms with E-state index in [2.05, 4.69) is 15.5 Å². The summed E-state index contributed by atoms with van der Waals surface area (Å²) in [4.78, 5) is 27.1. The zero-order chi connectivity index (χ0) is 17.8. The molecule has 1 fully saturated rings. The van der Waals surface area contributed by atoms with Crippen molar-refractivity contribution in [2.24, 2.45) is 0 Å². The number of rotatable bonds is 5. The van der Waals surface area contributed by atoms with Crippen LogP contribution in [0.2, 0.25) is 5.02 Å². The number of ether oxygens (including phenoxy) is 1. The third-order valence-corrected chi connectivity index (χ3v) is 4.79. The third-order valence-electron chi connectivity index (χ3n) is 4.45. The standard InChI is InChI=1S/C18H22ClN3O3/c1-2-25-17(23)15-14(11-22-9-5-6-10-22)20-18(24)21-16(15)12-7-3-4-8-13(12)19/h3-4,7-8,16H,2,5-6,9-11H2,1H3,(H2,20,21,24). The van der Waals surface area contributed by atoms with Gasteiger partial charge in [0.15, 0.2) is 0 Å². The number of nitrogens with zero attached hydrogens (tertiary/aromatic N) is 1. The largest absolute Gasteiger partial charge is 0.463 e. The maximum Gasteiger partial charge on any atom is 0.338 e. The molecule has 0 radical (unpaired) electrons. The van der Waals surface area contributed by atoms with Crippen molar-refractivity contribution in [3.8, 4) is 0 Å². The highest BCUT2D eigenvalue weighted by molar-refractivity contribution is 6.31. The number of benzene rings is 1. The average Bonchev–Trinajstić information content (AvgIpc) is 3.08. The fourth-order valence-corrected chi connectivity index (χ4v) is 3.54. The average molecular weight is 364 g/mol. The first kappa shape index (κ1) is 17.8. The van der Waals surface area contributed by atoms with Gasteiger partial charge in [-0.2, -0.15) is 0 Å². The number of carbonyl (C=O) groups is 2. The van der Waals surface area contributed by atoms with E-state index >= 15 is 0 Å². The molecule has 1 atom stereocenters. The first-order valence-corrected chi connectivity index (χ1v) is 8.92. The lowest BCUT2D eigenvalue weighted by atomic mass is 9.95. The van der Waals surface area contributed by atoms with Gasteiger partial charge in [0.05, 0.1) is 18.2 Å². The summed E-state index contributed by atoms with van der Waals surface area (Å²) in [5, 5.41) is 6.10. The van der Waals surface area contributed by atoms with Gasteiger partial charge >= 0.3 is 12.0 Å². The molecule has 3 rings (SSSR count). The molecule has 25 heavy (non-hydrogen) atoms. The highest BCUT2D eigenvalue weighted by Crippen LogP contribution is 2.32. The lowest BCUT2D eigenvalue weighted by Gasteiger charge is -2.31. The SMILES string of the molecule is CCOC(=O)C1=C(CN2CCCC2)NC(=O)NC1c1ccccc1Cl. The fourth-order valence-electron chi connectivity index (χ4n) is 3.30. The van der Waals surface area contributed by atoms with E-state index in [9.17, 15) is 9.59 Å². The van der Waals surface area contributed by atoms with E-state index in [0.717, 1.165) is 25.9 Å². The van der Waals surface area contributed by atoms with Crippen molar-refractivity contribution in [3.63, 3.8) is 0 Å². The summed E-state index contributed by atoms with van der Waals surface area (Å²) in [5.41, 5.74) is 1.69. The normalized spacial score (nSPS) is 21.0. The molecular formula is C18H22ClN3O3. The van der Waals surface area contributed by atoms with Crippen LogP contribution in [0.25, 0.3) is 0 Å². The molecule has 2 N–H and O–H groups in total. The second kappa shape index (κ2) is 7.89. The number of likely N-dealkylation sites (tertiary alicyclic amines) is 1. The maximum absolute atomic E-state index is 12.7. The zero-order valence-electron chi connectivity index (χ0n) is 14.2. The number of halogens is 1. The lowest BCUT2D eigenvalue weighted by Crippen LogP contribution is -2.48. The van der Waals surface area contributed by atoms with Gasteiger partial charge in [0, 0.05) is 17.3 Å². The number of esters is 1. The molecule has 1 aromatic carbocycles. The predicted octanol–water partition coefficient (Wildman–Crippen LogP) is 2.61. The molecular weight excluding hydrogens is 342 g/mol. The smallest absolute Gasteiger partial charge is 0.338 e. The van der Waals surface area contributed by atoms with Crippen LogP contribution in [0.4, 0.5) is 4.79 Å². The molecule has 0 aromatic heterocycles. The number of nitrogens with one attached hydrogen (secondary N) is 2. The second-order valence-corrected chi connectivity index (χ2v) is 6.56. The minimum Gasteiger partial charge on any atom is -0.463 e. The molecule has 6 nitrogen and oxygen atoms in total. The summed E-state index contributed by atoms with van der Waals surface area (Å²) in [6.07, 6.45) is 2.25. The molecule has 0 saturated carbocycles. The Morgan fingerprint density at radius 1 is 1.32 bits per heavy atom. The molecule has 0 spiro atoms. The van der Waals surface area contributed by atoms with E-state index in [1.165, 1.54) is 0 Å². The summed E-state index contributed by atoms with van der Waals surface area (Å²) in [7, 11) is 0. The summed E-state index contributed by atoms with van der Waals surface area (Å²) in [5.74, 6) is -0.436. The van der Waals surface area contributed by atoms with Gasteiger partial charge in [-0.3, -0.25) is 4.90 Å². The Morgan fingerprint density at radius 3 is 2.72 bits per heavy atom. The minimum absolute atomic E-state index is 0.266. The van der Waals surface area contributed by atoms with Crippen molar-refractivity contribution in [1.29, 1.82) is 0 Å². The molecule has 2 aliphatic heterocycles. The topological polar surface area (TPSA) is 70.7 Å². The van der Waals surface area contributed by atoms with Gasteiger partial charge in [0.2, 0.25) is 0 Å². The molecule has 1 unspecified atom stereocenters. The molecule has 1 saturated heterocycles. The Labute approximate surface area is 152 Å². The molecule has 134 valence electrons. The number of amides is 2. The fraction of sp³-hybridized carbons (Fsp3) is 0.444. The lowest BCUT2D eigenvalue weighted by molar-refractivity contribution is -0.139. The summed E-state index contributed by atoms with van der Waals surface area (Å²) in [6, 6.07) is 6.23. The minimum atomic E-state index is -0.626. The van der Waals surface area contributed by atoms with Crippen molar-refractivity contribution >= 4 is 23.6 Å². The van der Waals surface area contributed by atoms with Crippen molar-refractivity contribution in [1.82, 2.24) is 15.5 Å². The van der Waals surface area contributed by atoms with E-state index < -0.39 is 12.0 Å². The summed E-state index contributed by atoms with van der Waals surface area (Å²) >= 11 is 6.31. The second-order valence-electron chi connectivity index (χ2n) is 6.15. The van der Waals surface area contributed by atoms with E-state index in [1.54, 1.807) is 13.0 Å². The number of hydrogen-bond donors (Lipinski definition) is 2. The Morgan fingerprint density at radius 2 is 2.04 bits per heavy atom. The van der Waals surface area contributed by atoms with Crippen LogP contribution in [-0.4, -0.2) is 43.1 Å². The Balaban J connectivity index is 2.02. The van der Waals surface area contributed by atoms with E-state index in [4.69, 9.17) is 16.3 Å². The molecule has 1 aromatic rings. The monoisotopic (exact) mass is 363 g/mol. The van der Waals surface area contributed by atoms with Crippen LogP contribution >= 0.6 is 11.6 Å². The van der Waals surface area contributed by atoms with Crippen LogP contribution in [0.15, 0.2) is 35.5 Å². The Bertz CT molecular complexity index is 699. The predicted molar refractivity (Wildman–Crippen MR) is 95.2 cm³/mol. The maximum atomic E-state index is 12.7. The molecule has 2 amide bonds. The summed E-state index contributed by atoms with van der Waals surface area (Å²) < 4.78 is 5.25. The van der Waals surface area contributed by atoms with Gasteiger partial charge in [-0.25, -0.2) is 9.59 Å². The van der Waals surface area contributed by atoms with Crippen molar-refractivity contribution in [2.45, 2.75) is 25.8 Å². The molecule has 0 aliphatic carbocycles. The van der Waals surface area contributed by atoms with Gasteiger partial charge in [0.25, 0.3) is 0 Å². The highest BCUT2D eigenvalue weighted by Gasteiger charge is 2.35. The Kier molecular flexibility index (Phi) is 5.60. The first-order valence-electron chi connectivity index (χ1n) is 8.54. The van der Waals surface area contributed by atoms with Crippen molar-refractivity contribution in [3.05, 3.63) is 46.1 Å². The molecule has 2 heterocycles.